The van der Waals surface area contributed by atoms with Crippen molar-refractivity contribution >= 4 is 11.0 Å². The highest BCUT2D eigenvalue weighted by atomic mass is 15.2. The first-order valence-electron chi connectivity index (χ1n) is 13.2. The number of aryl methyl sites for hydroxylation is 2. The van der Waals surface area contributed by atoms with Crippen molar-refractivity contribution in [3.63, 3.8) is 0 Å². The van der Waals surface area contributed by atoms with Gasteiger partial charge in [0.05, 0.1) is 13.0 Å². The SMILES string of the molecule is [2H]C([2H])([2H])c1ccc2c(c1)n(-c1c(C(C)C)cc(-c3ccccc3)cc1C(C)C)c(C(C)C)[n+]2C. The van der Waals surface area contributed by atoms with Crippen LogP contribution in [-0.2, 0) is 7.05 Å². The molecule has 1 aromatic heterocycles. The van der Waals surface area contributed by atoms with E-state index in [4.69, 9.17) is 4.11 Å². The Hall–Kier alpha value is -2.87. The van der Waals surface area contributed by atoms with Crippen LogP contribution in [0.3, 0.4) is 0 Å². The summed E-state index contributed by atoms with van der Waals surface area (Å²) in [6.07, 6.45) is 0. The van der Waals surface area contributed by atoms with E-state index in [0.29, 0.717) is 17.4 Å². The van der Waals surface area contributed by atoms with E-state index in [1.807, 2.05) is 18.2 Å². The van der Waals surface area contributed by atoms with Gasteiger partial charge in [-0.05, 0) is 59.6 Å². The monoisotopic (exact) mass is 428 g/mol. The lowest BCUT2D eigenvalue weighted by Gasteiger charge is -2.21. The predicted octanol–water partition coefficient (Wildman–Crippen LogP) is 7.80. The third-order valence-electron chi connectivity index (χ3n) is 6.41. The lowest BCUT2D eigenvalue weighted by Crippen LogP contribution is -2.34. The summed E-state index contributed by atoms with van der Waals surface area (Å²) >= 11 is 0. The molecule has 0 saturated heterocycles. The first-order chi connectivity index (χ1) is 16.4. The van der Waals surface area contributed by atoms with Crippen LogP contribution < -0.4 is 4.57 Å². The van der Waals surface area contributed by atoms with Gasteiger partial charge >= 0.3 is 0 Å². The van der Waals surface area contributed by atoms with Gasteiger partial charge in [0.2, 0.25) is 0 Å². The number of fused-ring (bicyclic) bond motifs is 1. The summed E-state index contributed by atoms with van der Waals surface area (Å²) in [7, 11) is 2.09. The van der Waals surface area contributed by atoms with Gasteiger partial charge in [0.15, 0.2) is 11.0 Å². The first kappa shape index (κ1) is 18.7. The van der Waals surface area contributed by atoms with Gasteiger partial charge in [-0.1, -0.05) is 77.9 Å². The summed E-state index contributed by atoms with van der Waals surface area (Å²) in [6.45, 7) is 11.2. The van der Waals surface area contributed by atoms with Crippen molar-refractivity contribution in [2.24, 2.45) is 7.05 Å². The first-order valence-corrected chi connectivity index (χ1v) is 11.7. The van der Waals surface area contributed by atoms with Crippen LogP contribution in [0.5, 0.6) is 0 Å². The normalized spacial score (nSPS) is 13.8. The van der Waals surface area contributed by atoms with Crippen LogP contribution in [-0.4, -0.2) is 4.57 Å². The number of aromatic nitrogens is 2. The van der Waals surface area contributed by atoms with Gasteiger partial charge in [0.1, 0.15) is 5.69 Å². The molecule has 0 aliphatic carbocycles. The van der Waals surface area contributed by atoms with E-state index in [-0.39, 0.29) is 5.92 Å². The zero-order valence-corrected chi connectivity index (χ0v) is 20.4. The van der Waals surface area contributed by atoms with Crippen LogP contribution in [0.1, 0.15) is 85.9 Å². The Bertz CT molecular complexity index is 1330. The molecule has 2 heteroatoms. The number of rotatable bonds is 5. The van der Waals surface area contributed by atoms with E-state index < -0.39 is 6.85 Å². The molecular formula is C30H37N2+. The lowest BCUT2D eigenvalue weighted by atomic mass is 9.88. The molecule has 0 amide bonds. The lowest BCUT2D eigenvalue weighted by molar-refractivity contribution is -0.654. The third kappa shape index (κ3) is 3.77. The van der Waals surface area contributed by atoms with Crippen LogP contribution in [0.15, 0.2) is 60.7 Å². The average Bonchev–Trinajstić information content (AvgIpc) is 3.09. The topological polar surface area (TPSA) is 8.81 Å². The number of imidazole rings is 1. The van der Waals surface area contributed by atoms with Crippen LogP contribution in [0.25, 0.3) is 27.8 Å². The minimum atomic E-state index is -2.15. The Balaban J connectivity index is 2.17. The minimum absolute atomic E-state index is 0.248. The van der Waals surface area contributed by atoms with Crippen molar-refractivity contribution in [3.05, 3.63) is 83.2 Å². The predicted molar refractivity (Wildman–Crippen MR) is 137 cm³/mol. The Morgan fingerprint density at radius 2 is 1.38 bits per heavy atom. The summed E-state index contributed by atoms with van der Waals surface area (Å²) < 4.78 is 28.7. The van der Waals surface area contributed by atoms with Gasteiger partial charge in [-0.25, -0.2) is 4.57 Å². The van der Waals surface area contributed by atoms with Gasteiger partial charge in [-0.3, -0.25) is 0 Å². The molecule has 4 aromatic rings. The number of hydrogen-bond donors (Lipinski definition) is 0. The Labute approximate surface area is 197 Å². The highest BCUT2D eigenvalue weighted by Crippen LogP contribution is 2.38. The molecule has 0 aliphatic rings. The van der Waals surface area contributed by atoms with E-state index in [0.717, 1.165) is 11.0 Å². The second kappa shape index (κ2) is 8.58. The van der Waals surface area contributed by atoms with Crippen molar-refractivity contribution in [2.75, 3.05) is 0 Å². The zero-order chi connectivity index (χ0) is 25.7. The Kier molecular flexibility index (Phi) is 5.01. The molecule has 0 atom stereocenters. The molecule has 0 saturated carbocycles. The molecule has 0 fully saturated rings. The smallest absolute Gasteiger partial charge is 0.229 e. The van der Waals surface area contributed by atoms with Crippen molar-refractivity contribution in [2.45, 2.75) is 66.1 Å². The fourth-order valence-electron chi connectivity index (χ4n) is 4.88. The van der Waals surface area contributed by atoms with Crippen LogP contribution >= 0.6 is 0 Å². The van der Waals surface area contributed by atoms with E-state index in [1.54, 1.807) is 6.07 Å². The molecular weight excluding hydrogens is 388 g/mol. The molecule has 32 heavy (non-hydrogen) atoms. The average molecular weight is 429 g/mol. The number of hydrogen-bond acceptors (Lipinski definition) is 0. The molecule has 0 aliphatic heterocycles. The molecule has 0 bridgehead atoms. The maximum atomic E-state index is 8.03. The van der Waals surface area contributed by atoms with E-state index in [2.05, 4.69) is 94.1 Å². The van der Waals surface area contributed by atoms with E-state index in [9.17, 15) is 0 Å². The maximum absolute atomic E-state index is 8.03. The molecule has 166 valence electrons. The quantitative estimate of drug-likeness (QED) is 0.287. The second-order valence-corrected chi connectivity index (χ2v) is 9.79. The molecule has 4 rings (SSSR count). The molecule has 0 N–H and O–H groups in total. The largest absolute Gasteiger partial charge is 0.265 e. The van der Waals surface area contributed by atoms with Crippen molar-refractivity contribution in [1.29, 1.82) is 0 Å². The second-order valence-electron chi connectivity index (χ2n) is 9.79. The summed E-state index contributed by atoms with van der Waals surface area (Å²) in [6, 6.07) is 20.8. The van der Waals surface area contributed by atoms with Gasteiger partial charge in [-0.2, -0.15) is 4.57 Å². The van der Waals surface area contributed by atoms with Gasteiger partial charge in [0, 0.05) is 15.2 Å². The molecule has 1 heterocycles. The van der Waals surface area contributed by atoms with Crippen molar-refractivity contribution in [1.82, 2.24) is 4.57 Å². The third-order valence-corrected chi connectivity index (χ3v) is 6.41. The highest BCUT2D eigenvalue weighted by Gasteiger charge is 2.31. The van der Waals surface area contributed by atoms with Crippen LogP contribution in [0.4, 0.5) is 0 Å². The summed E-state index contributed by atoms with van der Waals surface area (Å²) in [5.41, 5.74) is 8.52. The zero-order valence-electron chi connectivity index (χ0n) is 23.4. The summed E-state index contributed by atoms with van der Waals surface area (Å²) in [5.74, 6) is 2.00. The van der Waals surface area contributed by atoms with E-state index in [1.165, 1.54) is 33.8 Å². The van der Waals surface area contributed by atoms with Gasteiger partial charge in [0.25, 0.3) is 5.82 Å². The van der Waals surface area contributed by atoms with Gasteiger partial charge in [-0.15, -0.1) is 0 Å². The van der Waals surface area contributed by atoms with Crippen LogP contribution in [0, 0.1) is 6.85 Å². The molecule has 0 spiro atoms. The molecule has 0 radical (unpaired) electrons. The standard InChI is InChI=1S/C30H37N2/c1-19(2)25-17-24(23-12-10-9-11-13-23)18-26(20(3)4)29(25)32-28-16-22(7)14-15-27(28)31(8)30(32)21(5)6/h9-21H,1-8H3/q+1/i7D3. The summed E-state index contributed by atoms with van der Waals surface area (Å²) in [5, 5.41) is 0. The van der Waals surface area contributed by atoms with Crippen LogP contribution in [0.2, 0.25) is 0 Å². The highest BCUT2D eigenvalue weighted by molar-refractivity contribution is 5.78. The van der Waals surface area contributed by atoms with Gasteiger partial charge < -0.3 is 0 Å². The molecule has 3 aromatic carbocycles. The number of nitrogens with zero attached hydrogens (tertiary/aromatic N) is 2. The van der Waals surface area contributed by atoms with Crippen molar-refractivity contribution < 1.29 is 8.68 Å². The molecule has 0 unspecified atom stereocenters. The fraction of sp³-hybridized carbons (Fsp3) is 0.367. The minimum Gasteiger partial charge on any atom is -0.229 e. The Morgan fingerprint density at radius 1 is 0.750 bits per heavy atom. The number of benzene rings is 3. The molecule has 2 nitrogen and oxygen atoms in total. The maximum Gasteiger partial charge on any atom is 0.265 e. The van der Waals surface area contributed by atoms with Crippen molar-refractivity contribution in [3.8, 4) is 16.8 Å². The van der Waals surface area contributed by atoms with E-state index >= 15 is 0 Å². The Morgan fingerprint density at radius 3 is 1.91 bits per heavy atom. The summed E-state index contributed by atoms with van der Waals surface area (Å²) in [4.78, 5) is 0. The fourth-order valence-corrected chi connectivity index (χ4v) is 4.88.